The van der Waals surface area contributed by atoms with E-state index in [9.17, 15) is 29.5 Å². The lowest BCUT2D eigenvalue weighted by Gasteiger charge is -2.40. The number of phosphoric ester groups is 1. The molecule has 2 aromatic rings. The number of aliphatic hydroxyl groups excluding tert-OH is 3. The van der Waals surface area contributed by atoms with Gasteiger partial charge in [-0.3, -0.25) is 23.2 Å². The Morgan fingerprint density at radius 2 is 1.38 bits per heavy atom. The van der Waals surface area contributed by atoms with Crippen molar-refractivity contribution in [1.82, 2.24) is 15.0 Å². The van der Waals surface area contributed by atoms with Gasteiger partial charge in [-0.15, -0.1) is 5.10 Å². The summed E-state index contributed by atoms with van der Waals surface area (Å²) in [5.74, 6) is -0.0726. The molecule has 0 radical (unpaired) electrons. The first-order valence-corrected chi connectivity index (χ1v) is 31.7. The average molecular weight is 1180 g/mol. The highest BCUT2D eigenvalue weighted by Gasteiger charge is 2.48. The summed E-state index contributed by atoms with van der Waals surface area (Å²) in [6.45, 7) is 17.4. The van der Waals surface area contributed by atoms with Crippen molar-refractivity contribution in [2.75, 3.05) is 86.9 Å². The number of methoxy groups -OCH3 is 2. The largest absolute Gasteiger partial charge is 0.475 e. The van der Waals surface area contributed by atoms with Crippen LogP contribution in [0, 0.1) is 17.8 Å². The smallest absolute Gasteiger partial charge is 0.394 e. The van der Waals surface area contributed by atoms with Crippen LogP contribution < -0.4 is 0 Å². The molecular weight excluding hydrogens is 1090 g/mol. The third kappa shape index (κ3) is 22.9. The topological polar surface area (TPSA) is 253 Å². The number of benzene rings is 1. The molecule has 3 aliphatic heterocycles. The van der Waals surface area contributed by atoms with Crippen LogP contribution >= 0.6 is 29.4 Å². The number of ketones is 2. The van der Waals surface area contributed by atoms with Crippen molar-refractivity contribution in [2.24, 2.45) is 17.8 Å². The normalized spacial score (nSPS) is 28.1. The zero-order chi connectivity index (χ0) is 57.4. The molecule has 14 atom stereocenters. The van der Waals surface area contributed by atoms with E-state index in [2.05, 4.69) is 37.1 Å². The van der Waals surface area contributed by atoms with Gasteiger partial charge in [0.25, 0.3) is 0 Å². The van der Waals surface area contributed by atoms with E-state index in [0.29, 0.717) is 117 Å². The number of Topliss-reactive ketones (excluding diaryl/α,β-unsaturated/α-hetero) is 2. The molecule has 1 aromatic heterocycles. The molecule has 3 fully saturated rings. The van der Waals surface area contributed by atoms with Crippen molar-refractivity contribution in [1.29, 1.82) is 0 Å². The first-order valence-electron chi connectivity index (χ1n) is 28.1. The van der Waals surface area contributed by atoms with Gasteiger partial charge in [0.15, 0.2) is 6.29 Å². The molecule has 0 aliphatic carbocycles. The second kappa shape index (κ2) is 35.4. The lowest BCUT2D eigenvalue weighted by atomic mass is 9.92. The number of phosphoric acid groups is 1. The minimum Gasteiger partial charge on any atom is -0.394 e. The second-order valence-corrected chi connectivity index (χ2v) is 25.9. The van der Waals surface area contributed by atoms with Gasteiger partial charge in [0.05, 0.1) is 96.1 Å². The highest BCUT2D eigenvalue weighted by atomic mass is 33.1. The van der Waals surface area contributed by atoms with Gasteiger partial charge in [-0.2, -0.15) is 0 Å². The fourth-order valence-corrected chi connectivity index (χ4v) is 13.5. The molecule has 1 aromatic carbocycles. The van der Waals surface area contributed by atoms with E-state index in [1.807, 2.05) is 45.2 Å². The van der Waals surface area contributed by atoms with Crippen LogP contribution in [0.15, 0.2) is 35.4 Å². The van der Waals surface area contributed by atoms with E-state index in [0.717, 1.165) is 16.2 Å². The van der Waals surface area contributed by atoms with E-state index in [4.69, 9.17) is 56.2 Å². The molecule has 14 unspecified atom stereocenters. The number of carbonyl (C=O) groups is 2. The third-order valence-electron chi connectivity index (χ3n) is 14.8. The Balaban J connectivity index is 0.896. The van der Waals surface area contributed by atoms with Crippen molar-refractivity contribution in [3.05, 3.63) is 41.7 Å². The summed E-state index contributed by atoms with van der Waals surface area (Å²) < 4.78 is 86.0. The Labute approximate surface area is 476 Å². The standard InChI is InChI=1S/C55H92N3O18PS2/c1-37-40(4)74-48(52(37)66-9)36-72-77(64,76-53-38(2)41(5)73-47(53)35-65-8)71-27-22-42-15-10-11-18-49(42)78-79-55(6,7)23-21-45(61)20-19-43-33-58(57-56-43)24-28-68-30-32-69-31-29-67-25-14-17-44(60)16-12-13-26-70-54-39(3)50(62)51(63)46(34-59)75-54/h10-11,15,18,33,37-41,46-48,50-54,59,62-63H,12-14,16-17,19-32,34-36H2,1-9H3. The number of aromatic nitrogens is 3. The maximum absolute atomic E-state index is 14.5. The second-order valence-electron chi connectivity index (χ2n) is 21.4. The van der Waals surface area contributed by atoms with E-state index in [1.54, 1.807) is 47.4 Å². The van der Waals surface area contributed by atoms with E-state index in [-0.39, 0.29) is 66.3 Å². The minimum absolute atomic E-state index is 0.0262. The number of aliphatic hydroxyl groups is 3. The highest BCUT2D eigenvalue weighted by Crippen LogP contribution is 2.54. The number of nitrogens with zero attached hydrogens (tertiary/aromatic N) is 3. The molecule has 3 aliphatic rings. The summed E-state index contributed by atoms with van der Waals surface area (Å²) in [5, 5.41) is 37.9. The van der Waals surface area contributed by atoms with Crippen LogP contribution in [0.5, 0.6) is 0 Å². The number of rotatable bonds is 41. The summed E-state index contributed by atoms with van der Waals surface area (Å²) in [5.41, 5.74) is 1.78. The molecule has 4 heterocycles. The van der Waals surface area contributed by atoms with Crippen molar-refractivity contribution in [2.45, 2.75) is 190 Å². The zero-order valence-corrected chi connectivity index (χ0v) is 50.5. The van der Waals surface area contributed by atoms with Crippen LogP contribution in [0.1, 0.15) is 111 Å². The van der Waals surface area contributed by atoms with E-state index >= 15 is 0 Å². The number of hydrogen-bond acceptors (Lipinski definition) is 22. The molecule has 24 heteroatoms. The summed E-state index contributed by atoms with van der Waals surface area (Å²) in [6, 6.07) is 8.05. The summed E-state index contributed by atoms with van der Waals surface area (Å²) in [6.07, 6.45) is 1.46. The van der Waals surface area contributed by atoms with Crippen LogP contribution in [-0.4, -0.2) is 195 Å². The van der Waals surface area contributed by atoms with Crippen molar-refractivity contribution >= 4 is 41.0 Å². The molecule has 21 nitrogen and oxygen atoms in total. The maximum Gasteiger partial charge on any atom is 0.475 e. The van der Waals surface area contributed by atoms with Gasteiger partial charge in [0.2, 0.25) is 0 Å². The number of ether oxygens (including phenoxy) is 9. The Kier molecular flexibility index (Phi) is 30.3. The summed E-state index contributed by atoms with van der Waals surface area (Å²) in [4.78, 5) is 26.4. The predicted molar refractivity (Wildman–Crippen MR) is 298 cm³/mol. The SMILES string of the molecule is COCC1OC(C)C(C)C1OP(=O)(OCCc1ccccc1SSC(C)(C)CCC(=O)CCc1cn(CCOCCOCCOCCCC(=O)CCCCOC2OC(CO)C(O)C(O)C2C)nn1)OCC1OC(C)C(C)C1OC. The fraction of sp³-hybridized carbons (Fsp3) is 0.818. The lowest BCUT2D eigenvalue weighted by molar-refractivity contribution is -0.282. The zero-order valence-electron chi connectivity index (χ0n) is 48.0. The Hall–Kier alpha value is -1.97. The van der Waals surface area contributed by atoms with Crippen LogP contribution in [0.4, 0.5) is 0 Å². The molecule has 79 heavy (non-hydrogen) atoms. The molecule has 0 amide bonds. The van der Waals surface area contributed by atoms with Crippen LogP contribution in [0.3, 0.4) is 0 Å². The molecule has 3 N–H and O–H groups in total. The Morgan fingerprint density at radius 3 is 2.09 bits per heavy atom. The quantitative estimate of drug-likeness (QED) is 0.0344. The lowest BCUT2D eigenvalue weighted by Crippen LogP contribution is -2.55. The Morgan fingerprint density at radius 1 is 0.722 bits per heavy atom. The van der Waals surface area contributed by atoms with E-state index in [1.165, 1.54) is 0 Å². The average Bonchev–Trinajstić information content (AvgIpc) is 4.15. The van der Waals surface area contributed by atoms with Gasteiger partial charge >= 0.3 is 7.82 Å². The van der Waals surface area contributed by atoms with Gasteiger partial charge < -0.3 is 58.0 Å². The third-order valence-corrected chi connectivity index (χ3v) is 19.7. The van der Waals surface area contributed by atoms with Crippen LogP contribution in [-0.2, 0) is 89.7 Å². The molecule has 0 bridgehead atoms. The number of aryl methyl sites for hydroxylation is 1. The first-order chi connectivity index (χ1) is 37.9. The number of unbranched alkanes of at least 4 members (excludes halogenated alkanes) is 1. The van der Waals surface area contributed by atoms with Crippen LogP contribution in [0.2, 0.25) is 0 Å². The highest BCUT2D eigenvalue weighted by molar-refractivity contribution is 8.77. The molecule has 5 rings (SSSR count). The van der Waals surface area contributed by atoms with Crippen molar-refractivity contribution in [3.63, 3.8) is 0 Å². The first kappa shape index (κ1) is 67.8. The Bertz CT molecular complexity index is 2110. The molecule has 452 valence electrons. The maximum atomic E-state index is 14.5. The summed E-state index contributed by atoms with van der Waals surface area (Å²) in [7, 11) is 2.46. The van der Waals surface area contributed by atoms with Gasteiger partial charge in [-0.25, -0.2) is 9.25 Å². The summed E-state index contributed by atoms with van der Waals surface area (Å²) >= 11 is 0. The van der Waals surface area contributed by atoms with E-state index < -0.39 is 63.3 Å². The molecule has 3 saturated heterocycles. The van der Waals surface area contributed by atoms with Gasteiger partial charge in [-0.05, 0) is 77.8 Å². The van der Waals surface area contributed by atoms with Crippen LogP contribution in [0.25, 0.3) is 0 Å². The number of hydrogen-bond donors (Lipinski definition) is 3. The van der Waals surface area contributed by atoms with Gasteiger partial charge in [0, 0.05) is 86.7 Å². The predicted octanol–water partition coefficient (Wildman–Crippen LogP) is 7.02. The van der Waals surface area contributed by atoms with Crippen molar-refractivity contribution < 1.29 is 85.7 Å². The van der Waals surface area contributed by atoms with Gasteiger partial charge in [-0.1, -0.05) is 65.8 Å². The molecule has 0 spiro atoms. The van der Waals surface area contributed by atoms with Gasteiger partial charge in [0.1, 0.15) is 42.1 Å². The monoisotopic (exact) mass is 1180 g/mol. The molecular formula is C55H92N3O18PS2. The van der Waals surface area contributed by atoms with Crippen molar-refractivity contribution in [3.8, 4) is 0 Å². The fourth-order valence-electron chi connectivity index (χ4n) is 9.42. The minimum atomic E-state index is -4.13. The molecule has 0 saturated carbocycles. The number of carbonyl (C=O) groups excluding carboxylic acids is 2.